The first kappa shape index (κ1) is 16.0. The minimum Gasteiger partial charge on any atom is -0.385 e. The highest BCUT2D eigenvalue weighted by Gasteiger charge is 2.22. The van der Waals surface area contributed by atoms with E-state index >= 15 is 0 Å². The summed E-state index contributed by atoms with van der Waals surface area (Å²) in [5.74, 6) is 0.334. The second kappa shape index (κ2) is 8.91. The number of likely N-dealkylation sites (tertiary alicyclic amines) is 1. The zero-order valence-electron chi connectivity index (χ0n) is 12.1. The van der Waals surface area contributed by atoms with Crippen LogP contribution in [0.3, 0.4) is 0 Å². The molecule has 0 radical (unpaired) electrons. The summed E-state index contributed by atoms with van der Waals surface area (Å²) in [6, 6.07) is 0.241. The van der Waals surface area contributed by atoms with Gasteiger partial charge in [0.05, 0.1) is 0 Å². The first-order chi connectivity index (χ1) is 9.17. The molecule has 5 nitrogen and oxygen atoms in total. The van der Waals surface area contributed by atoms with Crippen molar-refractivity contribution < 1.29 is 15.8 Å². The number of carbonyl (C=O) groups excluding carboxylic acids is 2. The van der Waals surface area contributed by atoms with Crippen molar-refractivity contribution in [2.75, 3.05) is 26.8 Å². The molecule has 0 aromatic heterocycles. The molecule has 19 heavy (non-hydrogen) atoms. The van der Waals surface area contributed by atoms with Crippen LogP contribution < -0.4 is 5.32 Å². The molecule has 2 amide bonds. The van der Waals surface area contributed by atoms with Crippen LogP contribution in [0.2, 0.25) is 0 Å². The van der Waals surface area contributed by atoms with Gasteiger partial charge in [0.25, 0.3) is 0 Å². The molecule has 0 aliphatic carbocycles. The summed E-state index contributed by atoms with van der Waals surface area (Å²) in [6.07, 6.45) is 4.70. The number of unbranched alkanes of at least 4 members (excludes halogenated alkanes) is 1. The number of hydrogen-bond donors (Lipinski definition) is 1. The summed E-state index contributed by atoms with van der Waals surface area (Å²) in [7, 11) is 1.68. The Bertz CT molecular complexity index is 292. The Balaban J connectivity index is 0.00000361. The SMILES string of the molecule is CCC(=O)NC1CCN(C(=O)CCCCOC)CC1.[HH]. The van der Waals surface area contributed by atoms with Crippen molar-refractivity contribution in [1.29, 1.82) is 0 Å². The molecule has 0 bridgehead atoms. The molecule has 0 aromatic carbocycles. The molecule has 1 heterocycles. The minimum atomic E-state index is 0. The molecule has 0 atom stereocenters. The van der Waals surface area contributed by atoms with Crippen LogP contribution in [-0.2, 0) is 14.3 Å². The van der Waals surface area contributed by atoms with Gasteiger partial charge >= 0.3 is 0 Å². The Hall–Kier alpha value is -1.10. The maximum absolute atomic E-state index is 11.9. The Labute approximate surface area is 117 Å². The van der Waals surface area contributed by atoms with Gasteiger partial charge in [-0.1, -0.05) is 6.92 Å². The van der Waals surface area contributed by atoms with E-state index in [1.165, 1.54) is 0 Å². The second-order valence-electron chi connectivity index (χ2n) is 5.03. The molecule has 1 aliphatic heterocycles. The average molecular weight is 272 g/mol. The van der Waals surface area contributed by atoms with Gasteiger partial charge in [0.15, 0.2) is 0 Å². The third-order valence-electron chi connectivity index (χ3n) is 3.52. The molecular weight excluding hydrogens is 244 g/mol. The van der Waals surface area contributed by atoms with Gasteiger partial charge in [0.1, 0.15) is 0 Å². The van der Waals surface area contributed by atoms with Crippen LogP contribution in [0, 0.1) is 0 Å². The number of ether oxygens (including phenoxy) is 1. The molecule has 5 heteroatoms. The second-order valence-corrected chi connectivity index (χ2v) is 5.03. The van der Waals surface area contributed by atoms with E-state index in [4.69, 9.17) is 4.74 Å². The number of hydrogen-bond acceptors (Lipinski definition) is 3. The fourth-order valence-corrected chi connectivity index (χ4v) is 2.28. The molecule has 0 spiro atoms. The van der Waals surface area contributed by atoms with E-state index in [1.807, 2.05) is 11.8 Å². The van der Waals surface area contributed by atoms with E-state index < -0.39 is 0 Å². The predicted octanol–water partition coefficient (Wildman–Crippen LogP) is 1.57. The number of piperidine rings is 1. The van der Waals surface area contributed by atoms with Crippen molar-refractivity contribution in [2.45, 2.75) is 51.5 Å². The molecule has 1 fully saturated rings. The number of amides is 2. The smallest absolute Gasteiger partial charge is 0.222 e. The summed E-state index contributed by atoms with van der Waals surface area (Å²) in [6.45, 7) is 4.10. The maximum Gasteiger partial charge on any atom is 0.222 e. The number of methoxy groups -OCH3 is 1. The Kier molecular flexibility index (Phi) is 7.48. The minimum absolute atomic E-state index is 0. The van der Waals surface area contributed by atoms with Crippen molar-refractivity contribution in [2.24, 2.45) is 0 Å². The van der Waals surface area contributed by atoms with Gasteiger partial charge in [-0.25, -0.2) is 0 Å². The lowest BCUT2D eigenvalue weighted by Gasteiger charge is -2.32. The number of rotatable bonds is 7. The van der Waals surface area contributed by atoms with Crippen LogP contribution in [0.1, 0.15) is 46.9 Å². The highest BCUT2D eigenvalue weighted by Crippen LogP contribution is 2.12. The molecular formula is C14H28N2O3. The number of nitrogens with one attached hydrogen (secondary N) is 1. The quantitative estimate of drug-likeness (QED) is 0.716. The van der Waals surface area contributed by atoms with Crippen LogP contribution in [0.25, 0.3) is 0 Å². The van der Waals surface area contributed by atoms with Crippen molar-refractivity contribution in [3.63, 3.8) is 0 Å². The van der Waals surface area contributed by atoms with E-state index in [9.17, 15) is 9.59 Å². The van der Waals surface area contributed by atoms with E-state index in [1.54, 1.807) is 7.11 Å². The van der Waals surface area contributed by atoms with Crippen LogP contribution in [0.15, 0.2) is 0 Å². The monoisotopic (exact) mass is 272 g/mol. The third-order valence-corrected chi connectivity index (χ3v) is 3.52. The number of carbonyl (C=O) groups is 2. The highest BCUT2D eigenvalue weighted by atomic mass is 16.5. The van der Waals surface area contributed by atoms with Gasteiger partial charge in [0.2, 0.25) is 11.8 Å². The summed E-state index contributed by atoms with van der Waals surface area (Å²) in [4.78, 5) is 25.2. The van der Waals surface area contributed by atoms with Crippen molar-refractivity contribution in [3.05, 3.63) is 0 Å². The molecule has 0 saturated carbocycles. The Morgan fingerprint density at radius 3 is 2.58 bits per heavy atom. The Morgan fingerprint density at radius 1 is 1.32 bits per heavy atom. The summed E-state index contributed by atoms with van der Waals surface area (Å²) < 4.78 is 4.97. The van der Waals surface area contributed by atoms with Crippen molar-refractivity contribution in [1.82, 2.24) is 10.2 Å². The van der Waals surface area contributed by atoms with Gasteiger partial charge < -0.3 is 15.0 Å². The van der Waals surface area contributed by atoms with E-state index in [0.717, 1.165) is 45.4 Å². The van der Waals surface area contributed by atoms with Crippen LogP contribution >= 0.6 is 0 Å². The van der Waals surface area contributed by atoms with Crippen LogP contribution in [0.5, 0.6) is 0 Å². The predicted molar refractivity (Wildman–Crippen MR) is 75.9 cm³/mol. The lowest BCUT2D eigenvalue weighted by molar-refractivity contribution is -0.132. The van der Waals surface area contributed by atoms with Gasteiger partial charge in [0, 0.05) is 47.1 Å². The lowest BCUT2D eigenvalue weighted by atomic mass is 10.0. The third kappa shape index (κ3) is 6.05. The number of nitrogens with zero attached hydrogens (tertiary/aromatic N) is 1. The largest absolute Gasteiger partial charge is 0.385 e. The molecule has 1 saturated heterocycles. The summed E-state index contributed by atoms with van der Waals surface area (Å²) >= 11 is 0. The first-order valence-electron chi connectivity index (χ1n) is 7.23. The summed E-state index contributed by atoms with van der Waals surface area (Å²) in [5, 5.41) is 2.99. The van der Waals surface area contributed by atoms with Gasteiger partial charge in [-0.05, 0) is 25.7 Å². The van der Waals surface area contributed by atoms with Crippen molar-refractivity contribution in [3.8, 4) is 0 Å². The molecule has 0 aromatic rings. The summed E-state index contributed by atoms with van der Waals surface area (Å²) in [5.41, 5.74) is 0. The molecule has 1 aliphatic rings. The zero-order valence-corrected chi connectivity index (χ0v) is 12.1. The van der Waals surface area contributed by atoms with Gasteiger partial charge in [-0.2, -0.15) is 0 Å². The zero-order chi connectivity index (χ0) is 14.1. The van der Waals surface area contributed by atoms with E-state index in [-0.39, 0.29) is 19.3 Å². The normalized spacial score (nSPS) is 16.4. The molecule has 1 rings (SSSR count). The van der Waals surface area contributed by atoms with Crippen LogP contribution in [0.4, 0.5) is 0 Å². The molecule has 1 N–H and O–H groups in total. The lowest BCUT2D eigenvalue weighted by Crippen LogP contribution is -2.46. The maximum atomic E-state index is 11.9. The average Bonchev–Trinajstić information content (AvgIpc) is 2.44. The highest BCUT2D eigenvalue weighted by molar-refractivity contribution is 5.77. The van der Waals surface area contributed by atoms with Crippen molar-refractivity contribution >= 4 is 11.8 Å². The topological polar surface area (TPSA) is 58.6 Å². The Morgan fingerprint density at radius 2 is 2.00 bits per heavy atom. The van der Waals surface area contributed by atoms with Gasteiger partial charge in [-0.15, -0.1) is 0 Å². The molecule has 112 valence electrons. The van der Waals surface area contributed by atoms with Gasteiger partial charge in [-0.3, -0.25) is 9.59 Å². The standard InChI is InChI=1S/C14H26N2O3.H2/c1-3-13(17)15-12-7-9-16(10-8-12)14(18)6-4-5-11-19-2;/h12H,3-11H2,1-2H3,(H,15,17);1H. The van der Waals surface area contributed by atoms with E-state index in [2.05, 4.69) is 5.32 Å². The van der Waals surface area contributed by atoms with E-state index in [0.29, 0.717) is 12.8 Å². The fraction of sp³-hybridized carbons (Fsp3) is 0.857. The molecule has 0 unspecified atom stereocenters. The first-order valence-corrected chi connectivity index (χ1v) is 7.23. The van der Waals surface area contributed by atoms with Crippen LogP contribution in [-0.4, -0.2) is 49.6 Å². The fourth-order valence-electron chi connectivity index (χ4n) is 2.28.